The molecular weight excluding hydrogens is 482 g/mol. The van der Waals surface area contributed by atoms with Crippen molar-refractivity contribution in [2.24, 2.45) is 22.7 Å². The molecule has 3 aliphatic rings. The fraction of sp³-hybridized carbons (Fsp3) is 0.500. The molecule has 1 atom stereocenters. The number of aryl methyl sites for hydroxylation is 1. The molecule has 4 N–H and O–H groups in total. The monoisotopic (exact) mass is 513 g/mol. The zero-order valence-electron chi connectivity index (χ0n) is 21.2. The van der Waals surface area contributed by atoms with E-state index in [1.165, 1.54) is 0 Å². The van der Waals surface area contributed by atoms with Gasteiger partial charge < -0.3 is 20.6 Å². The summed E-state index contributed by atoms with van der Waals surface area (Å²) in [4.78, 5) is 66.0. The Morgan fingerprint density at radius 2 is 1.68 bits per heavy atom. The molecule has 37 heavy (non-hydrogen) atoms. The van der Waals surface area contributed by atoms with Crippen molar-refractivity contribution < 1.29 is 39.3 Å². The Labute approximate surface area is 213 Å². The van der Waals surface area contributed by atoms with Crippen LogP contribution in [0, 0.1) is 17.8 Å². The molecule has 11 heteroatoms. The van der Waals surface area contributed by atoms with Gasteiger partial charge in [-0.05, 0) is 43.7 Å². The molecule has 0 saturated heterocycles. The van der Waals surface area contributed by atoms with Gasteiger partial charge in [0.25, 0.3) is 5.91 Å². The summed E-state index contributed by atoms with van der Waals surface area (Å²) in [5.41, 5.74) is 0.0440. The van der Waals surface area contributed by atoms with E-state index in [2.05, 4.69) is 15.3 Å². The van der Waals surface area contributed by atoms with E-state index in [0.29, 0.717) is 6.42 Å². The van der Waals surface area contributed by atoms with Crippen LogP contribution in [0.5, 0.6) is 0 Å². The Balaban J connectivity index is 0.000000213. The molecule has 0 spiro atoms. The Morgan fingerprint density at radius 3 is 2.11 bits per heavy atom. The lowest BCUT2D eigenvalue weighted by Crippen LogP contribution is -2.41. The maximum absolute atomic E-state index is 12.1. The Hall–Kier alpha value is -3.89. The van der Waals surface area contributed by atoms with Crippen LogP contribution in [0.2, 0.25) is 0 Å². The molecule has 1 amide bonds. The van der Waals surface area contributed by atoms with Gasteiger partial charge in [0, 0.05) is 25.0 Å². The predicted octanol–water partition coefficient (Wildman–Crippen LogP) is 2.47. The van der Waals surface area contributed by atoms with Crippen molar-refractivity contribution in [1.82, 2.24) is 10.3 Å². The van der Waals surface area contributed by atoms with Crippen molar-refractivity contribution in [3.8, 4) is 0 Å². The highest BCUT2D eigenvalue weighted by molar-refractivity contribution is 6.23. The smallest absolute Gasteiger partial charge is 0.338 e. The molecule has 1 aliphatic heterocycles. The Morgan fingerprint density at radius 1 is 1.08 bits per heavy atom. The number of aliphatic hydroxyl groups is 1. The SMILES string of the molecule is CCc1cnc(C2=NC(C)(C(C)C)C(=O)N2)c(C(=O)O)c1.O=C1CC(C(=O)O)CC(=O)C1=C(O)C1CC1. The number of carbonyl (C=O) groups excluding carboxylic acids is 3. The molecule has 1 aromatic heterocycles. The molecule has 0 aromatic carbocycles. The fourth-order valence-electron chi connectivity index (χ4n) is 4.00. The predicted molar refractivity (Wildman–Crippen MR) is 131 cm³/mol. The number of ketones is 2. The second-order valence-corrected chi connectivity index (χ2v) is 9.94. The van der Waals surface area contributed by atoms with Gasteiger partial charge in [0.2, 0.25) is 0 Å². The minimum Gasteiger partial charge on any atom is -0.511 e. The van der Waals surface area contributed by atoms with Crippen LogP contribution in [-0.2, 0) is 25.6 Å². The molecule has 4 rings (SSSR count). The van der Waals surface area contributed by atoms with Crippen molar-refractivity contribution >= 4 is 35.2 Å². The van der Waals surface area contributed by atoms with Crippen LogP contribution in [-0.4, -0.2) is 61.1 Å². The molecule has 2 saturated carbocycles. The number of aliphatic hydroxyl groups excluding tert-OH is 1. The van der Waals surface area contributed by atoms with Gasteiger partial charge >= 0.3 is 11.9 Å². The van der Waals surface area contributed by atoms with Crippen LogP contribution in [0.15, 0.2) is 28.6 Å². The summed E-state index contributed by atoms with van der Waals surface area (Å²) in [6.45, 7) is 7.46. The van der Waals surface area contributed by atoms with Crippen molar-refractivity contribution in [2.75, 3.05) is 0 Å². The van der Waals surface area contributed by atoms with E-state index >= 15 is 0 Å². The summed E-state index contributed by atoms with van der Waals surface area (Å²) in [6.07, 6.45) is 3.51. The number of rotatable bonds is 6. The minimum atomic E-state index is -1.13. The van der Waals surface area contributed by atoms with Gasteiger partial charge in [0.1, 0.15) is 17.0 Å². The third-order valence-corrected chi connectivity index (χ3v) is 6.96. The zero-order valence-corrected chi connectivity index (χ0v) is 21.2. The van der Waals surface area contributed by atoms with Crippen LogP contribution in [0.25, 0.3) is 0 Å². The third kappa shape index (κ3) is 5.76. The molecule has 1 unspecified atom stereocenters. The summed E-state index contributed by atoms with van der Waals surface area (Å²) >= 11 is 0. The average molecular weight is 514 g/mol. The van der Waals surface area contributed by atoms with Crippen LogP contribution < -0.4 is 5.32 Å². The lowest BCUT2D eigenvalue weighted by molar-refractivity contribution is -0.146. The number of hydrogen-bond donors (Lipinski definition) is 4. The summed E-state index contributed by atoms with van der Waals surface area (Å²) in [5, 5.41) is 30.4. The second kappa shape index (κ2) is 10.6. The van der Waals surface area contributed by atoms with Gasteiger partial charge in [-0.2, -0.15) is 0 Å². The topological polar surface area (TPSA) is 183 Å². The van der Waals surface area contributed by atoms with Crippen LogP contribution in [0.4, 0.5) is 0 Å². The van der Waals surface area contributed by atoms with E-state index in [0.717, 1.165) is 18.4 Å². The van der Waals surface area contributed by atoms with E-state index in [1.54, 1.807) is 19.2 Å². The number of Topliss-reactive ketones (excluding diaryl/α,β-unsaturated/α-hetero) is 2. The van der Waals surface area contributed by atoms with Crippen molar-refractivity contribution in [3.63, 3.8) is 0 Å². The minimum absolute atomic E-state index is 0.00167. The van der Waals surface area contributed by atoms with Gasteiger partial charge in [-0.15, -0.1) is 0 Å². The van der Waals surface area contributed by atoms with Crippen molar-refractivity contribution in [3.05, 3.63) is 40.4 Å². The van der Waals surface area contributed by atoms with E-state index in [-0.39, 0.29) is 59.0 Å². The van der Waals surface area contributed by atoms with Crippen LogP contribution in [0.3, 0.4) is 0 Å². The summed E-state index contributed by atoms with van der Waals surface area (Å²) in [7, 11) is 0. The number of nitrogens with one attached hydrogen (secondary N) is 1. The van der Waals surface area contributed by atoms with Crippen LogP contribution >= 0.6 is 0 Å². The lowest BCUT2D eigenvalue weighted by Gasteiger charge is -2.21. The summed E-state index contributed by atoms with van der Waals surface area (Å²) in [6, 6.07) is 1.57. The van der Waals surface area contributed by atoms with E-state index in [9.17, 15) is 34.2 Å². The Kier molecular flexibility index (Phi) is 7.94. The highest BCUT2D eigenvalue weighted by atomic mass is 16.4. The second-order valence-electron chi connectivity index (χ2n) is 9.94. The van der Waals surface area contributed by atoms with Gasteiger partial charge in [0.15, 0.2) is 17.4 Å². The van der Waals surface area contributed by atoms with Crippen LogP contribution in [0.1, 0.15) is 75.0 Å². The number of aromatic nitrogens is 1. The molecule has 0 bridgehead atoms. The number of carboxylic acid groups (broad SMARTS) is 2. The normalized spacial score (nSPS) is 23.3. The Bertz CT molecular complexity index is 1210. The number of nitrogens with zero attached hydrogens (tertiary/aromatic N) is 2. The van der Waals surface area contributed by atoms with E-state index in [1.807, 2.05) is 20.8 Å². The highest BCUT2D eigenvalue weighted by Gasteiger charge is 2.43. The molecule has 2 aliphatic carbocycles. The molecule has 198 valence electrons. The molecule has 2 heterocycles. The highest BCUT2D eigenvalue weighted by Crippen LogP contribution is 2.38. The zero-order chi connectivity index (χ0) is 27.7. The number of carboxylic acids is 2. The van der Waals surface area contributed by atoms with Gasteiger partial charge in [-0.25, -0.2) is 9.79 Å². The first kappa shape index (κ1) is 27.7. The van der Waals surface area contributed by atoms with E-state index in [4.69, 9.17) is 5.11 Å². The number of carbonyl (C=O) groups is 5. The number of amidine groups is 1. The van der Waals surface area contributed by atoms with Gasteiger partial charge in [0.05, 0.1) is 17.1 Å². The van der Waals surface area contributed by atoms with Crippen molar-refractivity contribution in [1.29, 1.82) is 0 Å². The van der Waals surface area contributed by atoms with Crippen molar-refractivity contribution in [2.45, 2.75) is 65.3 Å². The number of amides is 1. The lowest BCUT2D eigenvalue weighted by atomic mass is 9.83. The molecule has 2 fully saturated rings. The molecular formula is C26H31N3O8. The van der Waals surface area contributed by atoms with Gasteiger partial charge in [-0.3, -0.25) is 24.2 Å². The molecule has 11 nitrogen and oxygen atoms in total. The van der Waals surface area contributed by atoms with E-state index < -0.39 is 35.0 Å². The number of pyridine rings is 1. The standard InChI is InChI=1S/C15H19N3O3.C11H12O5/c1-5-9-6-10(13(19)20)11(16-7-9)12-17-14(21)15(4,18-12)8(2)3;12-7-3-6(11(15)16)4-8(13)9(7)10(14)5-1-2-5/h6-8H,5H2,1-4H3,(H,19,20)(H,17,18,21);5-6,14H,1-4H2,(H,15,16). The number of allylic oxidation sites excluding steroid dienone is 2. The number of aliphatic carboxylic acids is 1. The number of aromatic carboxylic acids is 1. The third-order valence-electron chi connectivity index (χ3n) is 6.96. The first-order valence-corrected chi connectivity index (χ1v) is 12.2. The quantitative estimate of drug-likeness (QED) is 0.252. The largest absolute Gasteiger partial charge is 0.511 e. The van der Waals surface area contributed by atoms with Gasteiger partial charge in [-0.1, -0.05) is 20.8 Å². The number of aliphatic imine (C=N–C) groups is 1. The first-order chi connectivity index (χ1) is 17.3. The first-order valence-electron chi connectivity index (χ1n) is 12.2. The molecule has 1 aromatic rings. The molecule has 0 radical (unpaired) electrons. The fourth-order valence-corrected chi connectivity index (χ4v) is 4.00. The average Bonchev–Trinajstić information content (AvgIpc) is 3.63. The summed E-state index contributed by atoms with van der Waals surface area (Å²) < 4.78 is 0. The summed E-state index contributed by atoms with van der Waals surface area (Å²) in [5.74, 6) is -4.41. The maximum Gasteiger partial charge on any atom is 0.338 e. The maximum atomic E-state index is 12.1. The number of hydrogen-bond acceptors (Lipinski definition) is 8.